The number of ether oxygens (including phenoxy) is 2. The summed E-state index contributed by atoms with van der Waals surface area (Å²) in [5.74, 6) is -0.822. The highest BCUT2D eigenvalue weighted by molar-refractivity contribution is 5.91. The number of carbonyl (C=O) groups is 1. The average Bonchev–Trinajstić information content (AvgIpc) is 2.90. The zero-order valence-corrected chi connectivity index (χ0v) is 22.2. The molecule has 0 saturated heterocycles. The van der Waals surface area contributed by atoms with Gasteiger partial charge in [-0.1, -0.05) is 78.2 Å². The number of hydrogen-bond donors (Lipinski definition) is 0. The van der Waals surface area contributed by atoms with Crippen molar-refractivity contribution >= 4 is 5.97 Å². The lowest BCUT2D eigenvalue weighted by molar-refractivity contribution is 0.0726. The minimum atomic E-state index is -1.13. The molecule has 198 valence electrons. The quantitative estimate of drug-likeness (QED) is 0.156. The van der Waals surface area contributed by atoms with Gasteiger partial charge >= 0.3 is 5.97 Å². The molecule has 0 radical (unpaired) electrons. The van der Waals surface area contributed by atoms with E-state index in [-0.39, 0.29) is 11.5 Å². The average molecular weight is 501 g/mol. The standard InChI is InChI=1S/C31H42F2O3/c1-4-6-7-8-9-23-10-12-24(13-11-23)21-35-27-17-14-25(15-18-27)31(34)36-28-19-16-26(20-22(3)5-2)29(32)30(28)33/h14-19,22-24H,4-13,20-21H2,1-3H3/t22-,23?,24?/m0/s1. The molecule has 0 spiro atoms. The first-order valence-electron chi connectivity index (χ1n) is 13.8. The number of benzene rings is 2. The molecule has 0 amide bonds. The van der Waals surface area contributed by atoms with Crippen molar-refractivity contribution in [3.05, 3.63) is 59.2 Å². The summed E-state index contributed by atoms with van der Waals surface area (Å²) in [5.41, 5.74) is 0.554. The highest BCUT2D eigenvalue weighted by Crippen LogP contribution is 2.32. The maximum absolute atomic E-state index is 14.5. The molecule has 1 atom stereocenters. The highest BCUT2D eigenvalue weighted by atomic mass is 19.2. The van der Waals surface area contributed by atoms with Crippen molar-refractivity contribution in [2.45, 2.75) is 91.4 Å². The van der Waals surface area contributed by atoms with E-state index in [2.05, 4.69) is 6.92 Å². The van der Waals surface area contributed by atoms with Gasteiger partial charge in [0.1, 0.15) is 5.75 Å². The third-order valence-corrected chi connectivity index (χ3v) is 7.60. The Bertz CT molecular complexity index is 949. The van der Waals surface area contributed by atoms with Crippen molar-refractivity contribution in [3.63, 3.8) is 0 Å². The van der Waals surface area contributed by atoms with Crippen LogP contribution in [0.4, 0.5) is 8.78 Å². The number of esters is 1. The Kier molecular flexibility index (Phi) is 11.2. The lowest BCUT2D eigenvalue weighted by Gasteiger charge is -2.28. The van der Waals surface area contributed by atoms with Gasteiger partial charge in [-0.2, -0.15) is 4.39 Å². The summed E-state index contributed by atoms with van der Waals surface area (Å²) in [7, 11) is 0. The minimum Gasteiger partial charge on any atom is -0.493 e. The summed E-state index contributed by atoms with van der Waals surface area (Å²) in [5, 5.41) is 0. The smallest absolute Gasteiger partial charge is 0.343 e. The van der Waals surface area contributed by atoms with E-state index >= 15 is 0 Å². The molecular formula is C31H42F2O3. The second-order valence-corrected chi connectivity index (χ2v) is 10.5. The molecule has 5 heteroatoms. The molecule has 0 unspecified atom stereocenters. The Morgan fingerprint density at radius 2 is 1.61 bits per heavy atom. The maximum atomic E-state index is 14.5. The molecule has 2 aromatic carbocycles. The van der Waals surface area contributed by atoms with Crippen molar-refractivity contribution in [1.29, 1.82) is 0 Å². The second-order valence-electron chi connectivity index (χ2n) is 10.5. The molecule has 3 nitrogen and oxygen atoms in total. The molecule has 0 aromatic heterocycles. The van der Waals surface area contributed by atoms with Crippen molar-refractivity contribution in [2.75, 3.05) is 6.61 Å². The van der Waals surface area contributed by atoms with Crippen LogP contribution in [0.2, 0.25) is 0 Å². The zero-order chi connectivity index (χ0) is 25.9. The first-order chi connectivity index (χ1) is 17.4. The Balaban J connectivity index is 1.45. The van der Waals surface area contributed by atoms with Crippen molar-refractivity contribution < 1.29 is 23.0 Å². The highest BCUT2D eigenvalue weighted by Gasteiger charge is 2.22. The molecular weight excluding hydrogens is 458 g/mol. The van der Waals surface area contributed by atoms with Gasteiger partial charge in [0, 0.05) is 0 Å². The van der Waals surface area contributed by atoms with E-state index in [1.54, 1.807) is 24.3 Å². The van der Waals surface area contributed by atoms with Crippen LogP contribution in [0.15, 0.2) is 36.4 Å². The lowest BCUT2D eigenvalue weighted by Crippen LogP contribution is -2.20. The molecule has 1 fully saturated rings. The van der Waals surface area contributed by atoms with Gasteiger partial charge in [0.15, 0.2) is 11.6 Å². The van der Waals surface area contributed by atoms with Crippen LogP contribution < -0.4 is 9.47 Å². The van der Waals surface area contributed by atoms with E-state index in [1.165, 1.54) is 69.9 Å². The predicted octanol–water partition coefficient (Wildman–Crippen LogP) is 8.93. The molecule has 36 heavy (non-hydrogen) atoms. The van der Waals surface area contributed by atoms with E-state index in [4.69, 9.17) is 9.47 Å². The van der Waals surface area contributed by atoms with Gasteiger partial charge in [-0.25, -0.2) is 9.18 Å². The fourth-order valence-electron chi connectivity index (χ4n) is 4.93. The molecule has 0 bridgehead atoms. The number of rotatable bonds is 13. The van der Waals surface area contributed by atoms with Gasteiger partial charge in [0.05, 0.1) is 12.2 Å². The molecule has 0 aliphatic heterocycles. The SMILES string of the molecule is CCCCCCC1CCC(COc2ccc(C(=O)Oc3ccc(C[C@@H](C)CC)c(F)c3F)cc2)CC1. The van der Waals surface area contributed by atoms with E-state index < -0.39 is 23.4 Å². The van der Waals surface area contributed by atoms with E-state index in [0.717, 1.165) is 12.3 Å². The Morgan fingerprint density at radius 3 is 2.28 bits per heavy atom. The monoisotopic (exact) mass is 500 g/mol. The summed E-state index contributed by atoms with van der Waals surface area (Å²) < 4.78 is 40.0. The van der Waals surface area contributed by atoms with Gasteiger partial charge in [0.25, 0.3) is 0 Å². The van der Waals surface area contributed by atoms with Crippen molar-refractivity contribution in [2.24, 2.45) is 17.8 Å². The van der Waals surface area contributed by atoms with Crippen LogP contribution in [0.25, 0.3) is 0 Å². The normalized spacial score (nSPS) is 18.6. The number of unbranched alkanes of at least 4 members (excludes halogenated alkanes) is 3. The van der Waals surface area contributed by atoms with Crippen LogP contribution >= 0.6 is 0 Å². The topological polar surface area (TPSA) is 35.5 Å². The molecule has 1 aliphatic rings. The fraction of sp³-hybridized carbons (Fsp3) is 0.581. The van der Waals surface area contributed by atoms with Crippen LogP contribution in [0.5, 0.6) is 11.5 Å². The zero-order valence-electron chi connectivity index (χ0n) is 22.2. The van der Waals surface area contributed by atoms with Crippen molar-refractivity contribution in [1.82, 2.24) is 0 Å². The minimum absolute atomic E-state index is 0.239. The Morgan fingerprint density at radius 1 is 0.917 bits per heavy atom. The van der Waals surface area contributed by atoms with Gasteiger partial charge in [-0.15, -0.1) is 0 Å². The van der Waals surface area contributed by atoms with E-state index in [1.807, 2.05) is 13.8 Å². The van der Waals surface area contributed by atoms with Crippen LogP contribution in [0.1, 0.15) is 101 Å². The molecule has 0 heterocycles. The van der Waals surface area contributed by atoms with E-state index in [0.29, 0.717) is 30.3 Å². The second kappa shape index (κ2) is 14.3. The number of halogens is 2. The predicted molar refractivity (Wildman–Crippen MR) is 141 cm³/mol. The largest absolute Gasteiger partial charge is 0.493 e. The fourth-order valence-corrected chi connectivity index (χ4v) is 4.93. The third-order valence-electron chi connectivity index (χ3n) is 7.60. The van der Waals surface area contributed by atoms with Crippen LogP contribution in [0, 0.1) is 29.4 Å². The first-order valence-corrected chi connectivity index (χ1v) is 13.8. The van der Waals surface area contributed by atoms with Crippen LogP contribution in [0.3, 0.4) is 0 Å². The van der Waals surface area contributed by atoms with Gasteiger partial charge in [-0.3, -0.25) is 0 Å². The number of carbonyl (C=O) groups excluding carboxylic acids is 1. The summed E-state index contributed by atoms with van der Waals surface area (Å²) in [6, 6.07) is 9.45. The van der Waals surface area contributed by atoms with Crippen molar-refractivity contribution in [3.8, 4) is 11.5 Å². The van der Waals surface area contributed by atoms with Gasteiger partial charge in [-0.05, 0) is 72.9 Å². The molecule has 0 N–H and O–H groups in total. The molecule has 2 aromatic rings. The maximum Gasteiger partial charge on any atom is 0.343 e. The molecule has 3 rings (SSSR count). The summed E-state index contributed by atoms with van der Waals surface area (Å²) in [4.78, 5) is 12.5. The van der Waals surface area contributed by atoms with E-state index in [9.17, 15) is 13.6 Å². The summed E-state index contributed by atoms with van der Waals surface area (Å²) >= 11 is 0. The lowest BCUT2D eigenvalue weighted by atomic mass is 9.80. The third kappa shape index (κ3) is 8.31. The van der Waals surface area contributed by atoms with Gasteiger partial charge < -0.3 is 9.47 Å². The summed E-state index contributed by atoms with van der Waals surface area (Å²) in [6.45, 7) is 6.92. The first kappa shape index (κ1) is 28.1. The van der Waals surface area contributed by atoms with Crippen LogP contribution in [-0.2, 0) is 6.42 Å². The Hall–Kier alpha value is -2.43. The van der Waals surface area contributed by atoms with Gasteiger partial charge in [0.2, 0.25) is 5.82 Å². The Labute approximate surface area is 215 Å². The number of hydrogen-bond acceptors (Lipinski definition) is 3. The summed E-state index contributed by atoms with van der Waals surface area (Å²) in [6.07, 6.45) is 13.0. The molecule has 1 saturated carbocycles. The molecule has 1 aliphatic carbocycles. The van der Waals surface area contributed by atoms with Crippen LogP contribution in [-0.4, -0.2) is 12.6 Å².